The predicted molar refractivity (Wildman–Crippen MR) is 54.6 cm³/mol. The van der Waals surface area contributed by atoms with Crippen molar-refractivity contribution >= 4 is 12.1 Å². The van der Waals surface area contributed by atoms with Crippen LogP contribution >= 0.6 is 0 Å². The smallest absolute Gasteiger partial charge is 0.170 e. The first-order valence-electron chi connectivity index (χ1n) is 4.38. The van der Waals surface area contributed by atoms with E-state index in [1.54, 1.807) is 13.2 Å². The Balaban J connectivity index is 2.32. The summed E-state index contributed by atoms with van der Waals surface area (Å²) in [6.07, 6.45) is 1.44. The Labute approximate surface area is 82.3 Å². The van der Waals surface area contributed by atoms with Crippen LogP contribution < -0.4 is 10.5 Å². The highest BCUT2D eigenvalue weighted by Gasteiger charge is 2.19. The molecule has 1 aromatic carbocycles. The molecule has 4 nitrogen and oxygen atoms in total. The van der Waals surface area contributed by atoms with Gasteiger partial charge >= 0.3 is 0 Å². The maximum atomic E-state index is 5.65. The molecule has 0 amide bonds. The quantitative estimate of drug-likeness (QED) is 0.720. The van der Waals surface area contributed by atoms with Crippen LogP contribution in [0.25, 0.3) is 0 Å². The molecular formula is C10H12N2O2. The predicted octanol–water partition coefficient (Wildman–Crippen LogP) is 1.38. The first-order chi connectivity index (χ1) is 6.81. The van der Waals surface area contributed by atoms with Crippen molar-refractivity contribution in [2.24, 2.45) is 4.99 Å². The summed E-state index contributed by atoms with van der Waals surface area (Å²) in [5, 5.41) is 0. The number of nitrogens with two attached hydrogens (primary N) is 1. The van der Waals surface area contributed by atoms with Gasteiger partial charge in [-0.15, -0.1) is 0 Å². The molecule has 0 spiro atoms. The number of aliphatic imine (C=N–C) groups is 1. The van der Waals surface area contributed by atoms with Gasteiger partial charge in [0.25, 0.3) is 0 Å². The third-order valence-corrected chi connectivity index (χ3v) is 2.18. The number of benzene rings is 1. The van der Waals surface area contributed by atoms with Crippen molar-refractivity contribution in [3.05, 3.63) is 23.8 Å². The Kier molecular flexibility index (Phi) is 2.26. The summed E-state index contributed by atoms with van der Waals surface area (Å²) in [7, 11) is 1.62. The third-order valence-electron chi connectivity index (χ3n) is 2.18. The Morgan fingerprint density at radius 2 is 2.43 bits per heavy atom. The van der Waals surface area contributed by atoms with E-state index >= 15 is 0 Å². The molecule has 4 heteroatoms. The number of methoxy groups -OCH3 is 1. The second-order valence-electron chi connectivity index (χ2n) is 3.10. The molecule has 74 valence electrons. The second kappa shape index (κ2) is 3.57. The van der Waals surface area contributed by atoms with Gasteiger partial charge in [0.2, 0.25) is 0 Å². The molecule has 1 atom stereocenters. The van der Waals surface area contributed by atoms with Crippen molar-refractivity contribution in [3.63, 3.8) is 0 Å². The molecule has 2 rings (SSSR count). The lowest BCUT2D eigenvalue weighted by Crippen LogP contribution is -2.03. The van der Waals surface area contributed by atoms with Crippen molar-refractivity contribution in [2.75, 3.05) is 19.4 Å². The summed E-state index contributed by atoms with van der Waals surface area (Å²) in [5.41, 5.74) is 7.32. The average molecular weight is 192 g/mol. The van der Waals surface area contributed by atoms with Crippen LogP contribution in [-0.4, -0.2) is 20.1 Å². The van der Waals surface area contributed by atoms with E-state index in [4.69, 9.17) is 15.2 Å². The van der Waals surface area contributed by atoms with Gasteiger partial charge in [0.05, 0.1) is 13.7 Å². The van der Waals surface area contributed by atoms with Gasteiger partial charge in [0, 0.05) is 17.3 Å². The van der Waals surface area contributed by atoms with E-state index in [2.05, 4.69) is 4.99 Å². The molecule has 0 saturated heterocycles. The molecule has 0 saturated carbocycles. The summed E-state index contributed by atoms with van der Waals surface area (Å²) in [4.78, 5) is 4.00. The van der Waals surface area contributed by atoms with Gasteiger partial charge in [-0.2, -0.15) is 0 Å². The fraction of sp³-hybridized carbons (Fsp3) is 0.300. The van der Waals surface area contributed by atoms with Crippen molar-refractivity contribution < 1.29 is 9.47 Å². The number of nitrogens with zero attached hydrogens (tertiary/aromatic N) is 1. The minimum absolute atomic E-state index is 0.0365. The van der Waals surface area contributed by atoms with Gasteiger partial charge in [-0.1, -0.05) is 0 Å². The van der Waals surface area contributed by atoms with Gasteiger partial charge in [0.15, 0.2) is 6.40 Å². The lowest BCUT2D eigenvalue weighted by atomic mass is 10.1. The van der Waals surface area contributed by atoms with Crippen molar-refractivity contribution in [2.45, 2.75) is 6.10 Å². The van der Waals surface area contributed by atoms with Crippen LogP contribution in [0.3, 0.4) is 0 Å². The fourth-order valence-corrected chi connectivity index (χ4v) is 1.46. The Morgan fingerprint density at radius 3 is 3.07 bits per heavy atom. The van der Waals surface area contributed by atoms with Crippen LogP contribution in [0.5, 0.6) is 5.75 Å². The largest absolute Gasteiger partial charge is 0.496 e. The summed E-state index contributed by atoms with van der Waals surface area (Å²) in [6.45, 7) is 0.639. The fourth-order valence-electron chi connectivity index (χ4n) is 1.46. The summed E-state index contributed by atoms with van der Waals surface area (Å²) >= 11 is 0. The molecule has 0 fully saturated rings. The molecule has 1 heterocycles. The van der Waals surface area contributed by atoms with Crippen LogP contribution in [-0.2, 0) is 4.74 Å². The van der Waals surface area contributed by atoms with E-state index in [-0.39, 0.29) is 6.10 Å². The first-order valence-corrected chi connectivity index (χ1v) is 4.38. The van der Waals surface area contributed by atoms with Crippen molar-refractivity contribution in [1.82, 2.24) is 0 Å². The zero-order valence-corrected chi connectivity index (χ0v) is 7.93. The summed E-state index contributed by atoms with van der Waals surface area (Å²) < 4.78 is 10.5. The molecule has 14 heavy (non-hydrogen) atoms. The number of nitrogen functional groups attached to an aromatic ring is 1. The second-order valence-corrected chi connectivity index (χ2v) is 3.10. The minimum Gasteiger partial charge on any atom is -0.496 e. The van der Waals surface area contributed by atoms with Gasteiger partial charge in [0.1, 0.15) is 11.9 Å². The highest BCUT2D eigenvalue weighted by Crippen LogP contribution is 2.30. The summed E-state index contributed by atoms with van der Waals surface area (Å²) in [6, 6.07) is 5.53. The van der Waals surface area contributed by atoms with E-state index in [1.165, 1.54) is 6.40 Å². The molecule has 1 unspecified atom stereocenters. The standard InChI is InChI=1S/C10H12N2O2/c1-13-9-4-7(11)2-3-8(9)10-5-12-6-14-10/h2-4,6,10H,5,11H2,1H3. The lowest BCUT2D eigenvalue weighted by Gasteiger charge is -2.13. The van der Waals surface area contributed by atoms with Crippen molar-refractivity contribution in [1.29, 1.82) is 0 Å². The molecule has 0 radical (unpaired) electrons. The molecule has 0 aromatic heterocycles. The van der Waals surface area contributed by atoms with Gasteiger partial charge in [-0.25, -0.2) is 0 Å². The number of hydrogen-bond donors (Lipinski definition) is 1. The number of rotatable bonds is 2. The molecule has 0 aliphatic carbocycles. The lowest BCUT2D eigenvalue weighted by molar-refractivity contribution is 0.233. The van der Waals surface area contributed by atoms with E-state index in [0.29, 0.717) is 12.2 Å². The van der Waals surface area contributed by atoms with E-state index in [0.717, 1.165) is 11.3 Å². The Morgan fingerprint density at radius 1 is 1.57 bits per heavy atom. The van der Waals surface area contributed by atoms with Gasteiger partial charge in [-0.05, 0) is 12.1 Å². The van der Waals surface area contributed by atoms with Gasteiger partial charge < -0.3 is 15.2 Å². The first kappa shape index (κ1) is 8.87. The molecule has 1 aliphatic heterocycles. The minimum atomic E-state index is -0.0365. The van der Waals surface area contributed by atoms with Crippen LogP contribution in [0, 0.1) is 0 Å². The van der Waals surface area contributed by atoms with E-state index in [9.17, 15) is 0 Å². The molecule has 1 aromatic rings. The van der Waals surface area contributed by atoms with Crippen LogP contribution in [0.15, 0.2) is 23.2 Å². The SMILES string of the molecule is COc1cc(N)ccc1C1CN=CO1. The molecule has 1 aliphatic rings. The van der Waals surface area contributed by atoms with Gasteiger partial charge in [-0.3, -0.25) is 4.99 Å². The maximum absolute atomic E-state index is 5.65. The highest BCUT2D eigenvalue weighted by molar-refractivity contribution is 5.54. The Bertz CT molecular complexity index is 355. The van der Waals surface area contributed by atoms with E-state index < -0.39 is 0 Å². The van der Waals surface area contributed by atoms with Crippen molar-refractivity contribution in [3.8, 4) is 5.75 Å². The highest BCUT2D eigenvalue weighted by atomic mass is 16.5. The zero-order valence-electron chi connectivity index (χ0n) is 7.93. The third kappa shape index (κ3) is 1.51. The number of anilines is 1. The Hall–Kier alpha value is -1.71. The molecular weight excluding hydrogens is 180 g/mol. The topological polar surface area (TPSA) is 56.8 Å². The van der Waals surface area contributed by atoms with Crippen LogP contribution in [0.4, 0.5) is 5.69 Å². The summed E-state index contributed by atoms with van der Waals surface area (Å²) in [5.74, 6) is 0.750. The normalized spacial score (nSPS) is 19.4. The average Bonchev–Trinajstić information content (AvgIpc) is 2.70. The van der Waals surface area contributed by atoms with E-state index in [1.807, 2.05) is 12.1 Å². The number of hydrogen-bond acceptors (Lipinski definition) is 4. The monoisotopic (exact) mass is 192 g/mol. The zero-order chi connectivity index (χ0) is 9.97. The van der Waals surface area contributed by atoms with Crippen LogP contribution in [0.1, 0.15) is 11.7 Å². The number of ether oxygens (including phenoxy) is 2. The maximum Gasteiger partial charge on any atom is 0.170 e. The molecule has 2 N–H and O–H groups in total. The molecule has 0 bridgehead atoms. The van der Waals surface area contributed by atoms with Crippen LogP contribution in [0.2, 0.25) is 0 Å².